The molecule has 0 radical (unpaired) electrons. The number of carbonyl (C=O) groups excluding carboxylic acids is 2. The average molecular weight is 326 g/mol. The molecule has 1 aromatic heterocycles. The van der Waals surface area contributed by atoms with Gasteiger partial charge in [-0.25, -0.2) is 4.79 Å². The summed E-state index contributed by atoms with van der Waals surface area (Å²) in [6.07, 6.45) is 2.41. The summed E-state index contributed by atoms with van der Waals surface area (Å²) >= 11 is 0. The van der Waals surface area contributed by atoms with Gasteiger partial charge < -0.3 is 9.64 Å². The Hall–Kier alpha value is -2.43. The van der Waals surface area contributed by atoms with E-state index in [4.69, 9.17) is 4.74 Å². The predicted octanol–water partition coefficient (Wildman–Crippen LogP) is 3.10. The summed E-state index contributed by atoms with van der Waals surface area (Å²) in [7, 11) is 0. The number of aryl methyl sites for hydroxylation is 1. The third-order valence-electron chi connectivity index (χ3n) is 4.36. The van der Waals surface area contributed by atoms with Crippen LogP contribution in [0.3, 0.4) is 0 Å². The maximum absolute atomic E-state index is 12.6. The minimum atomic E-state index is -0.775. The quantitative estimate of drug-likeness (QED) is 0.813. The molecule has 1 amide bonds. The molecule has 0 unspecified atom stereocenters. The summed E-state index contributed by atoms with van der Waals surface area (Å²) in [5.74, 6) is -0.590. The molecule has 3 rings (SSSR count). The summed E-state index contributed by atoms with van der Waals surface area (Å²) in [5.41, 5.74) is 1.95. The van der Waals surface area contributed by atoms with E-state index in [1.165, 1.54) is 0 Å². The van der Waals surface area contributed by atoms with Gasteiger partial charge in [-0.15, -0.1) is 0 Å². The number of para-hydroxylation sites is 1. The lowest BCUT2D eigenvalue weighted by molar-refractivity contribution is -0.140. The summed E-state index contributed by atoms with van der Waals surface area (Å²) in [5, 5.41) is 0.741. The van der Waals surface area contributed by atoms with Crippen LogP contribution >= 0.6 is 0 Å². The number of likely N-dealkylation sites (tertiary alicyclic amines) is 1. The van der Waals surface area contributed by atoms with Crippen molar-refractivity contribution >= 4 is 22.8 Å². The molecule has 2 heterocycles. The second-order valence-corrected chi connectivity index (χ2v) is 6.26. The lowest BCUT2D eigenvalue weighted by Gasteiger charge is -2.29. The number of fused-ring (bicyclic) bond motifs is 1. The van der Waals surface area contributed by atoms with E-state index in [9.17, 15) is 9.59 Å². The topological polar surface area (TPSA) is 59.5 Å². The Labute approximate surface area is 141 Å². The first-order chi connectivity index (χ1) is 11.6. The van der Waals surface area contributed by atoms with E-state index >= 15 is 0 Å². The van der Waals surface area contributed by atoms with Crippen LogP contribution in [-0.2, 0) is 9.53 Å². The number of piperidine rings is 1. The normalized spacial score (nSPS) is 16.0. The molecule has 2 aromatic rings. The highest BCUT2D eigenvalue weighted by Gasteiger charge is 2.26. The SMILES string of the molecule is Cc1cc(C(=O)O[C@H](C)C(=O)N2CCCCC2)c2ccccc2n1. The summed E-state index contributed by atoms with van der Waals surface area (Å²) in [4.78, 5) is 31.2. The highest BCUT2D eigenvalue weighted by Crippen LogP contribution is 2.20. The molecule has 1 fully saturated rings. The molecule has 0 bridgehead atoms. The number of nitrogens with zero attached hydrogens (tertiary/aromatic N) is 2. The van der Waals surface area contributed by atoms with Crippen molar-refractivity contribution in [2.75, 3.05) is 13.1 Å². The van der Waals surface area contributed by atoms with Crippen LogP contribution in [0.25, 0.3) is 10.9 Å². The summed E-state index contributed by atoms with van der Waals surface area (Å²) < 4.78 is 5.46. The molecule has 1 saturated heterocycles. The Bertz CT molecular complexity index is 766. The van der Waals surface area contributed by atoms with Crippen molar-refractivity contribution in [2.45, 2.75) is 39.2 Å². The monoisotopic (exact) mass is 326 g/mol. The number of ether oxygens (including phenoxy) is 1. The van der Waals surface area contributed by atoms with Crippen LogP contribution in [-0.4, -0.2) is 41.0 Å². The van der Waals surface area contributed by atoms with Gasteiger partial charge in [0.2, 0.25) is 0 Å². The van der Waals surface area contributed by atoms with Gasteiger partial charge >= 0.3 is 5.97 Å². The molecule has 0 spiro atoms. The highest BCUT2D eigenvalue weighted by molar-refractivity contribution is 6.04. The van der Waals surface area contributed by atoms with Gasteiger partial charge in [0.15, 0.2) is 6.10 Å². The standard InChI is InChI=1S/C19H22N2O3/c1-13-12-16(15-8-4-5-9-17(15)20-13)19(23)24-14(2)18(22)21-10-6-3-7-11-21/h4-5,8-9,12,14H,3,6-7,10-11H2,1-2H3/t14-/m1/s1. The molecular weight excluding hydrogens is 304 g/mol. The number of benzene rings is 1. The fourth-order valence-corrected chi connectivity index (χ4v) is 3.12. The van der Waals surface area contributed by atoms with Gasteiger partial charge in [0.25, 0.3) is 5.91 Å². The van der Waals surface area contributed by atoms with Crippen molar-refractivity contribution in [2.24, 2.45) is 0 Å². The van der Waals surface area contributed by atoms with Gasteiger partial charge in [0.05, 0.1) is 11.1 Å². The number of esters is 1. The van der Waals surface area contributed by atoms with E-state index in [1.807, 2.05) is 31.2 Å². The Morgan fingerprint density at radius 2 is 1.88 bits per heavy atom. The number of rotatable bonds is 3. The Balaban J connectivity index is 1.78. The molecule has 0 N–H and O–H groups in total. The smallest absolute Gasteiger partial charge is 0.339 e. The van der Waals surface area contributed by atoms with Crippen LogP contribution in [0, 0.1) is 6.92 Å². The van der Waals surface area contributed by atoms with Crippen LogP contribution in [0.2, 0.25) is 0 Å². The molecule has 0 aliphatic carbocycles. The van der Waals surface area contributed by atoms with Crippen LogP contribution < -0.4 is 0 Å². The molecule has 1 atom stereocenters. The highest BCUT2D eigenvalue weighted by atomic mass is 16.5. The molecule has 5 nitrogen and oxygen atoms in total. The van der Waals surface area contributed by atoms with Gasteiger partial charge in [-0.1, -0.05) is 18.2 Å². The maximum atomic E-state index is 12.6. The van der Waals surface area contributed by atoms with Crippen LogP contribution in [0.4, 0.5) is 0 Å². The lowest BCUT2D eigenvalue weighted by atomic mass is 10.1. The molecule has 24 heavy (non-hydrogen) atoms. The fraction of sp³-hybridized carbons (Fsp3) is 0.421. The molecular formula is C19H22N2O3. The maximum Gasteiger partial charge on any atom is 0.339 e. The van der Waals surface area contributed by atoms with Crippen molar-refractivity contribution in [3.8, 4) is 0 Å². The second kappa shape index (κ2) is 6.99. The Morgan fingerprint density at radius 1 is 1.17 bits per heavy atom. The van der Waals surface area contributed by atoms with Crippen molar-refractivity contribution in [1.82, 2.24) is 9.88 Å². The Morgan fingerprint density at radius 3 is 2.62 bits per heavy atom. The third kappa shape index (κ3) is 3.40. The zero-order valence-corrected chi connectivity index (χ0v) is 14.1. The van der Waals surface area contributed by atoms with Gasteiger partial charge in [-0.3, -0.25) is 9.78 Å². The first-order valence-electron chi connectivity index (χ1n) is 8.42. The summed E-state index contributed by atoms with van der Waals surface area (Å²) in [6, 6.07) is 9.16. The molecule has 1 aromatic carbocycles. The molecule has 1 aliphatic rings. The molecule has 126 valence electrons. The van der Waals surface area contributed by atoms with E-state index < -0.39 is 12.1 Å². The van der Waals surface area contributed by atoms with Crippen LogP contribution in [0.1, 0.15) is 42.2 Å². The van der Waals surface area contributed by atoms with Gasteiger partial charge in [0, 0.05) is 24.2 Å². The van der Waals surface area contributed by atoms with E-state index in [2.05, 4.69) is 4.98 Å². The van der Waals surface area contributed by atoms with E-state index in [1.54, 1.807) is 17.9 Å². The van der Waals surface area contributed by atoms with E-state index in [0.717, 1.165) is 48.9 Å². The van der Waals surface area contributed by atoms with E-state index in [-0.39, 0.29) is 5.91 Å². The van der Waals surface area contributed by atoms with Crippen molar-refractivity contribution in [3.63, 3.8) is 0 Å². The molecule has 1 aliphatic heterocycles. The number of carbonyl (C=O) groups is 2. The first-order valence-corrected chi connectivity index (χ1v) is 8.42. The number of hydrogen-bond acceptors (Lipinski definition) is 4. The second-order valence-electron chi connectivity index (χ2n) is 6.26. The zero-order valence-electron chi connectivity index (χ0n) is 14.1. The number of pyridine rings is 1. The summed E-state index contributed by atoms with van der Waals surface area (Å²) in [6.45, 7) is 4.98. The van der Waals surface area contributed by atoms with Gasteiger partial charge in [-0.2, -0.15) is 0 Å². The Kier molecular flexibility index (Phi) is 4.79. The van der Waals surface area contributed by atoms with Gasteiger partial charge in [0.1, 0.15) is 0 Å². The number of aromatic nitrogens is 1. The predicted molar refractivity (Wildman–Crippen MR) is 91.8 cm³/mol. The largest absolute Gasteiger partial charge is 0.449 e. The number of amides is 1. The minimum absolute atomic E-state index is 0.113. The first kappa shape index (κ1) is 16.4. The number of hydrogen-bond donors (Lipinski definition) is 0. The zero-order chi connectivity index (χ0) is 17.1. The molecule has 0 saturated carbocycles. The van der Waals surface area contributed by atoms with Gasteiger partial charge in [-0.05, 0) is 45.2 Å². The third-order valence-corrected chi connectivity index (χ3v) is 4.36. The fourth-order valence-electron chi connectivity index (χ4n) is 3.12. The van der Waals surface area contributed by atoms with Crippen molar-refractivity contribution in [1.29, 1.82) is 0 Å². The van der Waals surface area contributed by atoms with Crippen LogP contribution in [0.5, 0.6) is 0 Å². The average Bonchev–Trinajstić information content (AvgIpc) is 2.60. The van der Waals surface area contributed by atoms with E-state index in [0.29, 0.717) is 5.56 Å². The van der Waals surface area contributed by atoms with Crippen LogP contribution in [0.15, 0.2) is 30.3 Å². The van der Waals surface area contributed by atoms with Crippen molar-refractivity contribution < 1.29 is 14.3 Å². The molecule has 5 heteroatoms. The van der Waals surface area contributed by atoms with Crippen molar-refractivity contribution in [3.05, 3.63) is 41.6 Å². The lowest BCUT2D eigenvalue weighted by Crippen LogP contribution is -2.42. The minimum Gasteiger partial charge on any atom is -0.449 e.